The molecular formula is C17H19NO2S. The summed E-state index contributed by atoms with van der Waals surface area (Å²) >= 11 is 0. The summed E-state index contributed by atoms with van der Waals surface area (Å²) in [5.41, 5.74) is 6.42. The second kappa shape index (κ2) is 5.53. The SMILES string of the molecule is CS(=O)(=O)CCCNc1ccc2c(c1)Cc1ccccc1-2. The molecule has 3 rings (SSSR count). The largest absolute Gasteiger partial charge is 0.385 e. The number of sulfone groups is 1. The molecule has 0 saturated heterocycles. The van der Waals surface area contributed by atoms with Crippen LogP contribution in [0.25, 0.3) is 11.1 Å². The first-order chi connectivity index (χ1) is 10.0. The predicted molar refractivity (Wildman–Crippen MR) is 87.5 cm³/mol. The maximum Gasteiger partial charge on any atom is 0.147 e. The number of hydrogen-bond donors (Lipinski definition) is 1. The summed E-state index contributed by atoms with van der Waals surface area (Å²) in [7, 11) is -2.86. The van der Waals surface area contributed by atoms with Crippen LogP contribution in [0.15, 0.2) is 42.5 Å². The number of anilines is 1. The van der Waals surface area contributed by atoms with Crippen LogP contribution in [0, 0.1) is 0 Å². The second-order valence-corrected chi connectivity index (χ2v) is 7.88. The van der Waals surface area contributed by atoms with Crippen LogP contribution in [-0.4, -0.2) is 27.0 Å². The van der Waals surface area contributed by atoms with E-state index in [1.54, 1.807) is 0 Å². The molecule has 3 nitrogen and oxygen atoms in total. The van der Waals surface area contributed by atoms with E-state index >= 15 is 0 Å². The van der Waals surface area contributed by atoms with E-state index in [0.29, 0.717) is 13.0 Å². The molecule has 0 aliphatic heterocycles. The fourth-order valence-electron chi connectivity index (χ4n) is 2.82. The summed E-state index contributed by atoms with van der Waals surface area (Å²) in [6.45, 7) is 0.679. The zero-order valence-electron chi connectivity index (χ0n) is 12.1. The molecule has 2 aromatic rings. The molecule has 21 heavy (non-hydrogen) atoms. The molecule has 0 atom stereocenters. The first-order valence-electron chi connectivity index (χ1n) is 7.16. The number of fused-ring (bicyclic) bond motifs is 3. The smallest absolute Gasteiger partial charge is 0.147 e. The van der Waals surface area contributed by atoms with Crippen molar-refractivity contribution in [2.45, 2.75) is 12.8 Å². The Hall–Kier alpha value is -1.81. The Balaban J connectivity index is 1.67. The van der Waals surface area contributed by atoms with Crippen molar-refractivity contribution in [3.8, 4) is 11.1 Å². The van der Waals surface area contributed by atoms with Gasteiger partial charge in [0.1, 0.15) is 9.84 Å². The van der Waals surface area contributed by atoms with Crippen LogP contribution < -0.4 is 5.32 Å². The average Bonchev–Trinajstić information content (AvgIpc) is 2.80. The Bertz CT molecular complexity index is 766. The minimum atomic E-state index is -2.86. The molecule has 0 saturated carbocycles. The lowest BCUT2D eigenvalue weighted by atomic mass is 10.1. The molecule has 1 N–H and O–H groups in total. The van der Waals surface area contributed by atoms with Crippen LogP contribution in [0.4, 0.5) is 5.69 Å². The molecule has 2 aromatic carbocycles. The van der Waals surface area contributed by atoms with Gasteiger partial charge in [0.25, 0.3) is 0 Å². The van der Waals surface area contributed by atoms with Crippen molar-refractivity contribution < 1.29 is 8.42 Å². The Kier molecular flexibility index (Phi) is 3.72. The first-order valence-corrected chi connectivity index (χ1v) is 9.22. The van der Waals surface area contributed by atoms with Crippen LogP contribution in [0.2, 0.25) is 0 Å². The van der Waals surface area contributed by atoms with Crippen LogP contribution >= 0.6 is 0 Å². The van der Waals surface area contributed by atoms with Crippen molar-refractivity contribution in [3.05, 3.63) is 53.6 Å². The van der Waals surface area contributed by atoms with E-state index in [-0.39, 0.29) is 5.75 Å². The molecule has 0 fully saturated rings. The molecule has 0 amide bonds. The highest BCUT2D eigenvalue weighted by Crippen LogP contribution is 2.37. The minimum absolute atomic E-state index is 0.233. The van der Waals surface area contributed by atoms with Gasteiger partial charge in [0.15, 0.2) is 0 Å². The molecule has 1 aliphatic carbocycles. The standard InChI is InChI=1S/C17H19NO2S/c1-21(19,20)10-4-9-18-15-7-8-17-14(12-15)11-13-5-2-3-6-16(13)17/h2-3,5-8,12,18H,4,9-11H2,1H3. The number of hydrogen-bond acceptors (Lipinski definition) is 3. The van der Waals surface area contributed by atoms with Gasteiger partial charge in [-0.3, -0.25) is 0 Å². The third-order valence-electron chi connectivity index (χ3n) is 3.81. The van der Waals surface area contributed by atoms with Crippen molar-refractivity contribution in [1.29, 1.82) is 0 Å². The lowest BCUT2D eigenvalue weighted by Crippen LogP contribution is -2.09. The zero-order chi connectivity index (χ0) is 14.9. The molecule has 110 valence electrons. The van der Waals surface area contributed by atoms with Gasteiger partial charge in [0, 0.05) is 18.5 Å². The van der Waals surface area contributed by atoms with E-state index in [2.05, 4.69) is 47.8 Å². The highest BCUT2D eigenvalue weighted by atomic mass is 32.2. The van der Waals surface area contributed by atoms with E-state index in [0.717, 1.165) is 12.1 Å². The Morgan fingerprint density at radius 1 is 1.05 bits per heavy atom. The molecule has 1 aliphatic rings. The Labute approximate surface area is 125 Å². The molecular weight excluding hydrogens is 282 g/mol. The van der Waals surface area contributed by atoms with Crippen molar-refractivity contribution in [2.24, 2.45) is 0 Å². The van der Waals surface area contributed by atoms with Crippen molar-refractivity contribution in [1.82, 2.24) is 0 Å². The quantitative estimate of drug-likeness (QED) is 0.737. The lowest BCUT2D eigenvalue weighted by Gasteiger charge is -2.08. The number of benzene rings is 2. The fraction of sp³-hybridized carbons (Fsp3) is 0.294. The second-order valence-electron chi connectivity index (χ2n) is 5.62. The maximum atomic E-state index is 11.1. The third kappa shape index (κ3) is 3.27. The van der Waals surface area contributed by atoms with Crippen LogP contribution in [0.5, 0.6) is 0 Å². The average molecular weight is 301 g/mol. The van der Waals surface area contributed by atoms with Gasteiger partial charge in [0.05, 0.1) is 5.75 Å². The first kappa shape index (κ1) is 14.1. The monoisotopic (exact) mass is 301 g/mol. The van der Waals surface area contributed by atoms with Crippen LogP contribution in [-0.2, 0) is 16.3 Å². The number of rotatable bonds is 5. The van der Waals surface area contributed by atoms with Crippen molar-refractivity contribution in [2.75, 3.05) is 23.9 Å². The fourth-order valence-corrected chi connectivity index (χ4v) is 3.49. The molecule has 0 spiro atoms. The molecule has 0 unspecified atom stereocenters. The molecule has 0 bridgehead atoms. The van der Waals surface area contributed by atoms with Crippen LogP contribution in [0.1, 0.15) is 17.5 Å². The van der Waals surface area contributed by atoms with Gasteiger partial charge in [-0.05, 0) is 47.2 Å². The summed E-state index contributed by atoms with van der Waals surface area (Å²) < 4.78 is 22.2. The maximum absolute atomic E-state index is 11.1. The van der Waals surface area contributed by atoms with Gasteiger partial charge in [-0.15, -0.1) is 0 Å². The van der Waals surface area contributed by atoms with E-state index in [4.69, 9.17) is 0 Å². The Morgan fingerprint density at radius 3 is 2.62 bits per heavy atom. The lowest BCUT2D eigenvalue weighted by molar-refractivity contribution is 0.600. The van der Waals surface area contributed by atoms with Gasteiger partial charge < -0.3 is 5.32 Å². The normalized spacial score (nSPS) is 12.8. The molecule has 0 aromatic heterocycles. The van der Waals surface area contributed by atoms with Gasteiger partial charge >= 0.3 is 0 Å². The molecule has 0 heterocycles. The van der Waals surface area contributed by atoms with E-state index in [9.17, 15) is 8.42 Å². The highest BCUT2D eigenvalue weighted by molar-refractivity contribution is 7.90. The zero-order valence-corrected chi connectivity index (χ0v) is 12.9. The summed E-state index contributed by atoms with van der Waals surface area (Å²) in [4.78, 5) is 0. The van der Waals surface area contributed by atoms with Crippen molar-refractivity contribution >= 4 is 15.5 Å². The number of nitrogens with one attached hydrogen (secondary N) is 1. The molecule has 4 heteroatoms. The summed E-state index contributed by atoms with van der Waals surface area (Å²) in [5, 5.41) is 3.31. The van der Waals surface area contributed by atoms with E-state index < -0.39 is 9.84 Å². The van der Waals surface area contributed by atoms with Gasteiger partial charge in [-0.1, -0.05) is 30.3 Å². The van der Waals surface area contributed by atoms with Gasteiger partial charge in [-0.2, -0.15) is 0 Å². The molecule has 0 radical (unpaired) electrons. The van der Waals surface area contributed by atoms with E-state index in [1.165, 1.54) is 28.5 Å². The highest BCUT2D eigenvalue weighted by Gasteiger charge is 2.17. The predicted octanol–water partition coefficient (Wildman–Crippen LogP) is 3.10. The van der Waals surface area contributed by atoms with E-state index in [1.807, 2.05) is 0 Å². The third-order valence-corrected chi connectivity index (χ3v) is 4.84. The summed E-state index contributed by atoms with van der Waals surface area (Å²) in [5.74, 6) is 0.233. The Morgan fingerprint density at radius 2 is 1.81 bits per heavy atom. The summed E-state index contributed by atoms with van der Waals surface area (Å²) in [6, 6.07) is 14.9. The minimum Gasteiger partial charge on any atom is -0.385 e. The topological polar surface area (TPSA) is 46.2 Å². The van der Waals surface area contributed by atoms with Gasteiger partial charge in [0.2, 0.25) is 0 Å². The van der Waals surface area contributed by atoms with Crippen molar-refractivity contribution in [3.63, 3.8) is 0 Å². The van der Waals surface area contributed by atoms with Crippen LogP contribution in [0.3, 0.4) is 0 Å². The summed E-state index contributed by atoms with van der Waals surface area (Å²) in [6.07, 6.45) is 2.89. The van der Waals surface area contributed by atoms with Gasteiger partial charge in [-0.25, -0.2) is 8.42 Å².